The molecule has 0 atom stereocenters. The van der Waals surface area contributed by atoms with E-state index < -0.39 is 0 Å². The molecule has 0 unspecified atom stereocenters. The number of nitrogens with one attached hydrogen (secondary N) is 1. The van der Waals surface area contributed by atoms with Crippen LogP contribution in [0.2, 0.25) is 0 Å². The summed E-state index contributed by atoms with van der Waals surface area (Å²) in [5.74, 6) is 1.73. The molecule has 0 radical (unpaired) electrons. The lowest BCUT2D eigenvalue weighted by Gasteiger charge is -2.10. The van der Waals surface area contributed by atoms with Gasteiger partial charge in [0.15, 0.2) is 5.82 Å². The lowest BCUT2D eigenvalue weighted by Crippen LogP contribution is -2.14. The maximum atomic E-state index is 12.3. The average molecular weight is 450 g/mol. The average Bonchev–Trinajstić information content (AvgIpc) is 3.43. The van der Waals surface area contributed by atoms with Crippen molar-refractivity contribution in [3.8, 4) is 11.5 Å². The van der Waals surface area contributed by atoms with Crippen LogP contribution in [0.1, 0.15) is 34.8 Å². The Kier molecular flexibility index (Phi) is 6.65. The highest BCUT2D eigenvalue weighted by atomic mass is 32.2. The van der Waals surface area contributed by atoms with Gasteiger partial charge in [-0.25, -0.2) is 0 Å². The molecular weight excluding hydrogens is 426 g/mol. The third-order valence-corrected chi connectivity index (χ3v) is 5.63. The summed E-state index contributed by atoms with van der Waals surface area (Å²) in [5.41, 5.74) is 4.91. The molecule has 4 rings (SSSR count). The van der Waals surface area contributed by atoms with Crippen LogP contribution in [-0.2, 0) is 17.0 Å². The molecule has 9 heteroatoms. The largest absolute Gasteiger partial charge is 0.411 e. The number of hydrogen-bond donors (Lipinski definition) is 1. The smallest absolute Gasteiger partial charge is 0.277 e. The van der Waals surface area contributed by atoms with E-state index in [1.54, 1.807) is 0 Å². The Morgan fingerprint density at radius 2 is 1.84 bits per heavy atom. The molecule has 0 aliphatic heterocycles. The Hall–Kier alpha value is -3.46. The van der Waals surface area contributed by atoms with Crippen molar-refractivity contribution >= 4 is 23.4 Å². The Balaban J connectivity index is 1.28. The minimum Gasteiger partial charge on any atom is -0.411 e. The van der Waals surface area contributed by atoms with Crippen molar-refractivity contribution in [2.24, 2.45) is 0 Å². The Morgan fingerprint density at radius 1 is 1.06 bits per heavy atom. The number of carbonyl (C=O) groups excluding carboxylic acids is 1. The zero-order valence-electron chi connectivity index (χ0n) is 18.1. The summed E-state index contributed by atoms with van der Waals surface area (Å²) in [5, 5.41) is 15.5. The van der Waals surface area contributed by atoms with E-state index in [-0.39, 0.29) is 12.3 Å². The van der Waals surface area contributed by atoms with Gasteiger partial charge in [0, 0.05) is 24.1 Å². The molecule has 0 aliphatic rings. The number of para-hydroxylation sites is 1. The number of amides is 1. The molecule has 32 heavy (non-hydrogen) atoms. The van der Waals surface area contributed by atoms with Crippen LogP contribution in [0.15, 0.2) is 56.6 Å². The fraction of sp³-hybridized carbons (Fsp3) is 0.261. The zero-order valence-corrected chi connectivity index (χ0v) is 18.9. The lowest BCUT2D eigenvalue weighted by molar-refractivity contribution is -0.116. The van der Waals surface area contributed by atoms with Crippen molar-refractivity contribution in [2.45, 2.75) is 44.6 Å². The van der Waals surface area contributed by atoms with Crippen LogP contribution in [0.25, 0.3) is 11.5 Å². The van der Waals surface area contributed by atoms with E-state index >= 15 is 0 Å². The molecular formula is C23H23N5O3S. The maximum absolute atomic E-state index is 12.3. The van der Waals surface area contributed by atoms with Crippen molar-refractivity contribution in [1.82, 2.24) is 20.3 Å². The number of hydrogen-bond acceptors (Lipinski definition) is 8. The van der Waals surface area contributed by atoms with E-state index in [4.69, 9.17) is 8.94 Å². The number of benzene rings is 2. The molecule has 2 aromatic carbocycles. The van der Waals surface area contributed by atoms with Crippen molar-refractivity contribution in [3.05, 3.63) is 70.9 Å². The Bertz CT molecular complexity index is 1210. The maximum Gasteiger partial charge on any atom is 0.277 e. The van der Waals surface area contributed by atoms with E-state index in [1.807, 2.05) is 63.2 Å². The Labute approximate surface area is 189 Å². The minimum absolute atomic E-state index is 0.0916. The quantitative estimate of drug-likeness (QED) is 0.378. The molecule has 0 bridgehead atoms. The number of carbonyl (C=O) groups is 1. The Morgan fingerprint density at radius 3 is 2.62 bits per heavy atom. The third kappa shape index (κ3) is 5.42. The summed E-state index contributed by atoms with van der Waals surface area (Å²) >= 11 is 1.33. The highest BCUT2D eigenvalue weighted by Gasteiger charge is 2.14. The van der Waals surface area contributed by atoms with Gasteiger partial charge in [0.05, 0.1) is 5.75 Å². The first-order valence-corrected chi connectivity index (χ1v) is 11.2. The number of rotatable bonds is 8. The van der Waals surface area contributed by atoms with Gasteiger partial charge in [-0.05, 0) is 44.0 Å². The van der Waals surface area contributed by atoms with Crippen LogP contribution < -0.4 is 5.32 Å². The highest BCUT2D eigenvalue weighted by molar-refractivity contribution is 7.98. The fourth-order valence-corrected chi connectivity index (χ4v) is 3.78. The minimum atomic E-state index is -0.0916. The summed E-state index contributed by atoms with van der Waals surface area (Å²) in [6.45, 7) is 5.95. The second kappa shape index (κ2) is 9.78. The van der Waals surface area contributed by atoms with Crippen molar-refractivity contribution in [1.29, 1.82) is 0 Å². The van der Waals surface area contributed by atoms with Gasteiger partial charge in [-0.2, -0.15) is 4.98 Å². The first-order chi connectivity index (χ1) is 15.5. The zero-order chi connectivity index (χ0) is 22.5. The normalized spacial score (nSPS) is 11.0. The summed E-state index contributed by atoms with van der Waals surface area (Å²) in [6, 6.07) is 13.8. The van der Waals surface area contributed by atoms with Crippen LogP contribution >= 0.6 is 11.8 Å². The highest BCUT2D eigenvalue weighted by Crippen LogP contribution is 2.25. The van der Waals surface area contributed by atoms with Gasteiger partial charge in [-0.3, -0.25) is 4.79 Å². The predicted octanol–water partition coefficient (Wildman–Crippen LogP) is 4.91. The molecule has 0 aliphatic carbocycles. The van der Waals surface area contributed by atoms with Gasteiger partial charge in [0.2, 0.25) is 17.7 Å². The first-order valence-electron chi connectivity index (χ1n) is 10.2. The number of aromatic nitrogens is 4. The number of anilines is 1. The molecule has 0 spiro atoms. The van der Waals surface area contributed by atoms with E-state index in [2.05, 4.69) is 25.7 Å². The molecule has 4 aromatic rings. The monoisotopic (exact) mass is 449 g/mol. The number of aryl methyl sites for hydroxylation is 4. The summed E-state index contributed by atoms with van der Waals surface area (Å²) < 4.78 is 11.0. The van der Waals surface area contributed by atoms with Crippen LogP contribution in [0.5, 0.6) is 0 Å². The van der Waals surface area contributed by atoms with E-state index in [9.17, 15) is 4.79 Å². The first kappa shape index (κ1) is 21.8. The summed E-state index contributed by atoms with van der Waals surface area (Å²) in [4.78, 5) is 16.7. The van der Waals surface area contributed by atoms with Gasteiger partial charge in [-0.1, -0.05) is 52.8 Å². The van der Waals surface area contributed by atoms with E-state index in [0.717, 1.165) is 27.9 Å². The summed E-state index contributed by atoms with van der Waals surface area (Å²) in [7, 11) is 0. The number of nitrogens with zero attached hydrogens (tertiary/aromatic N) is 4. The second-order valence-corrected chi connectivity index (χ2v) is 8.38. The van der Waals surface area contributed by atoms with Crippen LogP contribution in [0, 0.1) is 20.8 Å². The molecule has 0 fully saturated rings. The summed E-state index contributed by atoms with van der Waals surface area (Å²) in [6.07, 6.45) is 0.624. The van der Waals surface area contributed by atoms with Gasteiger partial charge < -0.3 is 14.3 Å². The SMILES string of the molecule is Cc1cccc(-c2nnc(SCc3noc(CCC(=O)Nc4c(C)cccc4C)n3)o2)c1. The van der Waals surface area contributed by atoms with Crippen LogP contribution in [0.3, 0.4) is 0 Å². The molecule has 1 N–H and O–H groups in total. The molecule has 2 heterocycles. The predicted molar refractivity (Wildman–Crippen MR) is 121 cm³/mol. The number of thioether (sulfide) groups is 1. The van der Waals surface area contributed by atoms with Gasteiger partial charge in [-0.15, -0.1) is 10.2 Å². The lowest BCUT2D eigenvalue weighted by atomic mass is 10.1. The second-order valence-electron chi connectivity index (χ2n) is 7.45. The molecule has 164 valence electrons. The van der Waals surface area contributed by atoms with Gasteiger partial charge >= 0.3 is 0 Å². The van der Waals surface area contributed by atoms with Crippen LogP contribution in [-0.4, -0.2) is 26.2 Å². The molecule has 8 nitrogen and oxygen atoms in total. The van der Waals surface area contributed by atoms with Crippen molar-refractivity contribution < 1.29 is 13.7 Å². The van der Waals surface area contributed by atoms with E-state index in [1.165, 1.54) is 11.8 Å². The molecule has 1 amide bonds. The topological polar surface area (TPSA) is 107 Å². The third-order valence-electron chi connectivity index (χ3n) is 4.82. The van der Waals surface area contributed by atoms with Crippen molar-refractivity contribution in [3.63, 3.8) is 0 Å². The standard InChI is InChI=1S/C23H23N5O3S/c1-14-6-4-9-17(12-14)22-26-27-23(30-22)32-13-18-24-20(31-28-18)11-10-19(29)25-21-15(2)7-5-8-16(21)3/h4-9,12H,10-11,13H2,1-3H3,(H,25,29). The fourth-order valence-electron chi connectivity index (χ4n) is 3.17. The van der Waals surface area contributed by atoms with Gasteiger partial charge in [0.25, 0.3) is 5.22 Å². The van der Waals surface area contributed by atoms with Gasteiger partial charge in [0.1, 0.15) is 0 Å². The molecule has 2 aromatic heterocycles. The van der Waals surface area contributed by atoms with Crippen molar-refractivity contribution in [2.75, 3.05) is 5.32 Å². The van der Waals surface area contributed by atoms with Crippen LogP contribution in [0.4, 0.5) is 5.69 Å². The molecule has 0 saturated carbocycles. The molecule has 0 saturated heterocycles. The van der Waals surface area contributed by atoms with E-state index in [0.29, 0.717) is 35.0 Å².